The van der Waals surface area contributed by atoms with Gasteiger partial charge in [0.1, 0.15) is 5.75 Å². The Morgan fingerprint density at radius 1 is 1.12 bits per heavy atom. The Balaban J connectivity index is 1.73. The molecular weight excluding hydrogens is 347 g/mol. The second-order valence-electron chi connectivity index (χ2n) is 5.57. The predicted molar refractivity (Wildman–Crippen MR) is 94.5 cm³/mol. The quantitative estimate of drug-likeness (QED) is 0.720. The fourth-order valence-corrected chi connectivity index (χ4v) is 2.28. The summed E-state index contributed by atoms with van der Waals surface area (Å²) in [4.78, 5) is 13.9. The van der Waals surface area contributed by atoms with Crippen LogP contribution in [0.4, 0.5) is 29.3 Å². The Bertz CT molecular complexity index is 708. The van der Waals surface area contributed by atoms with Crippen molar-refractivity contribution in [3.05, 3.63) is 54.6 Å². The second kappa shape index (κ2) is 8.98. The lowest BCUT2D eigenvalue weighted by molar-refractivity contribution is -0.274. The van der Waals surface area contributed by atoms with Gasteiger partial charge in [-0.2, -0.15) is 0 Å². The molecule has 0 aliphatic heterocycles. The Labute approximate surface area is 149 Å². The maximum Gasteiger partial charge on any atom is 0.573 e. The van der Waals surface area contributed by atoms with Gasteiger partial charge in [-0.3, -0.25) is 0 Å². The summed E-state index contributed by atoms with van der Waals surface area (Å²) in [5.41, 5.74) is 1.30. The molecule has 0 fully saturated rings. The van der Waals surface area contributed by atoms with Gasteiger partial charge in [0.2, 0.25) is 0 Å². The summed E-state index contributed by atoms with van der Waals surface area (Å²) in [5.74, 6) is -0.389. The minimum atomic E-state index is -4.77. The Morgan fingerprint density at radius 2 is 1.85 bits per heavy atom. The number of ether oxygens (including phenoxy) is 1. The third kappa shape index (κ3) is 6.92. The van der Waals surface area contributed by atoms with Crippen molar-refractivity contribution >= 4 is 17.4 Å². The molecule has 0 aliphatic carbocycles. The molecule has 140 valence electrons. The van der Waals surface area contributed by atoms with Crippen LogP contribution in [0.2, 0.25) is 0 Å². The summed E-state index contributed by atoms with van der Waals surface area (Å²) in [7, 11) is 1.96. The van der Waals surface area contributed by atoms with Crippen LogP contribution in [-0.2, 0) is 0 Å². The number of hydrogen-bond donors (Lipinski definition) is 2. The van der Waals surface area contributed by atoms with Crippen LogP contribution in [0.3, 0.4) is 0 Å². The lowest BCUT2D eigenvalue weighted by atomic mass is 10.3. The minimum Gasteiger partial charge on any atom is -0.406 e. The summed E-state index contributed by atoms with van der Waals surface area (Å²) < 4.78 is 40.4. The molecule has 2 aromatic carbocycles. The van der Waals surface area contributed by atoms with Gasteiger partial charge < -0.3 is 20.3 Å². The molecule has 0 spiro atoms. The van der Waals surface area contributed by atoms with Gasteiger partial charge in [-0.15, -0.1) is 13.2 Å². The first-order valence-electron chi connectivity index (χ1n) is 8.00. The van der Waals surface area contributed by atoms with Crippen LogP contribution in [0.25, 0.3) is 0 Å². The number of anilines is 2. The maximum atomic E-state index is 12.2. The van der Waals surface area contributed by atoms with Crippen LogP contribution in [0, 0.1) is 0 Å². The first kappa shape index (κ1) is 19.4. The molecule has 2 N–H and O–H groups in total. The zero-order valence-corrected chi connectivity index (χ0v) is 14.2. The molecule has 2 amide bonds. The molecule has 0 unspecified atom stereocenters. The number of hydrogen-bond acceptors (Lipinski definition) is 3. The molecule has 0 radical (unpaired) electrons. The average Bonchev–Trinajstić information content (AvgIpc) is 2.58. The molecule has 26 heavy (non-hydrogen) atoms. The van der Waals surface area contributed by atoms with Crippen molar-refractivity contribution in [2.24, 2.45) is 0 Å². The Hall–Kier alpha value is -2.90. The van der Waals surface area contributed by atoms with Gasteiger partial charge in [-0.25, -0.2) is 4.79 Å². The third-order valence-electron chi connectivity index (χ3n) is 3.48. The molecule has 0 saturated heterocycles. The van der Waals surface area contributed by atoms with Crippen molar-refractivity contribution in [2.75, 3.05) is 30.4 Å². The zero-order chi connectivity index (χ0) is 19.0. The number of urea groups is 1. The van der Waals surface area contributed by atoms with Crippen molar-refractivity contribution in [2.45, 2.75) is 12.8 Å². The fraction of sp³-hybridized carbons (Fsp3) is 0.278. The zero-order valence-electron chi connectivity index (χ0n) is 14.2. The summed E-state index contributed by atoms with van der Waals surface area (Å²) >= 11 is 0. The van der Waals surface area contributed by atoms with Crippen LogP contribution < -0.4 is 20.3 Å². The third-order valence-corrected chi connectivity index (χ3v) is 3.48. The molecule has 0 aliphatic rings. The molecule has 5 nitrogen and oxygen atoms in total. The SMILES string of the molecule is CN(CCCNC(=O)Nc1cccc(OC(F)(F)F)c1)c1ccccc1. The van der Waals surface area contributed by atoms with Crippen molar-refractivity contribution < 1.29 is 22.7 Å². The number of benzene rings is 2. The molecule has 0 heterocycles. The van der Waals surface area contributed by atoms with Gasteiger partial charge in [-0.1, -0.05) is 24.3 Å². The molecule has 0 aromatic heterocycles. The summed E-state index contributed by atoms with van der Waals surface area (Å²) in [5, 5.41) is 5.14. The lowest BCUT2D eigenvalue weighted by Gasteiger charge is -2.19. The topological polar surface area (TPSA) is 53.6 Å². The van der Waals surface area contributed by atoms with E-state index in [4.69, 9.17) is 0 Å². The molecule has 0 atom stereocenters. The number of halogens is 3. The molecule has 8 heteroatoms. The number of alkyl halides is 3. The second-order valence-corrected chi connectivity index (χ2v) is 5.57. The number of nitrogens with zero attached hydrogens (tertiary/aromatic N) is 1. The Morgan fingerprint density at radius 3 is 2.54 bits per heavy atom. The van der Waals surface area contributed by atoms with E-state index in [9.17, 15) is 18.0 Å². The first-order valence-corrected chi connectivity index (χ1v) is 8.00. The molecule has 0 saturated carbocycles. The van der Waals surface area contributed by atoms with Crippen LogP contribution in [0.1, 0.15) is 6.42 Å². The largest absolute Gasteiger partial charge is 0.573 e. The number of rotatable bonds is 7. The van der Waals surface area contributed by atoms with Gasteiger partial charge in [0.05, 0.1) is 0 Å². The van der Waals surface area contributed by atoms with E-state index >= 15 is 0 Å². The minimum absolute atomic E-state index is 0.214. The number of amides is 2. The van der Waals surface area contributed by atoms with Crippen molar-refractivity contribution in [1.82, 2.24) is 5.32 Å². The van der Waals surface area contributed by atoms with E-state index in [2.05, 4.69) is 20.3 Å². The van der Waals surface area contributed by atoms with Crippen LogP contribution in [0.15, 0.2) is 54.6 Å². The highest BCUT2D eigenvalue weighted by Crippen LogP contribution is 2.24. The van der Waals surface area contributed by atoms with Crippen molar-refractivity contribution in [3.63, 3.8) is 0 Å². The number of para-hydroxylation sites is 1. The standard InChI is InChI=1S/C18H20F3N3O2/c1-24(15-8-3-2-4-9-15)12-6-11-22-17(25)23-14-7-5-10-16(13-14)26-18(19,20)21/h2-5,7-10,13H,6,11-12H2,1H3,(H2,22,23,25). The van der Waals surface area contributed by atoms with E-state index in [1.807, 2.05) is 37.4 Å². The normalized spacial score (nSPS) is 10.9. The van der Waals surface area contributed by atoms with Crippen LogP contribution in [0.5, 0.6) is 5.75 Å². The van der Waals surface area contributed by atoms with E-state index in [1.54, 1.807) is 0 Å². The monoisotopic (exact) mass is 367 g/mol. The molecular formula is C18H20F3N3O2. The summed E-state index contributed by atoms with van der Waals surface area (Å²) in [6, 6.07) is 14.5. The van der Waals surface area contributed by atoms with E-state index in [-0.39, 0.29) is 11.4 Å². The first-order chi connectivity index (χ1) is 12.3. The van der Waals surface area contributed by atoms with E-state index in [1.165, 1.54) is 12.1 Å². The van der Waals surface area contributed by atoms with Gasteiger partial charge in [0, 0.05) is 37.6 Å². The number of carbonyl (C=O) groups excluding carboxylic acids is 1. The molecule has 2 aromatic rings. The lowest BCUT2D eigenvalue weighted by Crippen LogP contribution is -2.31. The number of nitrogens with one attached hydrogen (secondary N) is 2. The highest BCUT2D eigenvalue weighted by molar-refractivity contribution is 5.89. The van der Waals surface area contributed by atoms with Crippen LogP contribution >= 0.6 is 0 Å². The van der Waals surface area contributed by atoms with Crippen LogP contribution in [-0.4, -0.2) is 32.5 Å². The van der Waals surface area contributed by atoms with E-state index in [0.717, 1.165) is 30.8 Å². The summed E-state index contributed by atoms with van der Waals surface area (Å²) in [6.45, 7) is 1.18. The van der Waals surface area contributed by atoms with E-state index in [0.29, 0.717) is 6.54 Å². The Kier molecular flexibility index (Phi) is 6.71. The van der Waals surface area contributed by atoms with Crippen molar-refractivity contribution in [1.29, 1.82) is 0 Å². The average molecular weight is 367 g/mol. The van der Waals surface area contributed by atoms with Gasteiger partial charge in [0.25, 0.3) is 0 Å². The predicted octanol–water partition coefficient (Wildman–Crippen LogP) is 4.23. The van der Waals surface area contributed by atoms with Gasteiger partial charge >= 0.3 is 12.4 Å². The summed E-state index contributed by atoms with van der Waals surface area (Å²) in [6.07, 6.45) is -4.05. The highest BCUT2D eigenvalue weighted by atomic mass is 19.4. The van der Waals surface area contributed by atoms with E-state index < -0.39 is 12.4 Å². The maximum absolute atomic E-state index is 12.2. The highest BCUT2D eigenvalue weighted by Gasteiger charge is 2.31. The van der Waals surface area contributed by atoms with Crippen molar-refractivity contribution in [3.8, 4) is 5.75 Å². The van der Waals surface area contributed by atoms with Gasteiger partial charge in [0.15, 0.2) is 0 Å². The van der Waals surface area contributed by atoms with Gasteiger partial charge in [-0.05, 0) is 30.7 Å². The fourth-order valence-electron chi connectivity index (χ4n) is 2.28. The molecule has 0 bridgehead atoms. The number of carbonyl (C=O) groups is 1. The smallest absolute Gasteiger partial charge is 0.406 e. The molecule has 2 rings (SSSR count).